The van der Waals surface area contributed by atoms with Gasteiger partial charge in [-0.2, -0.15) is 13.2 Å². The molecule has 2 amide bonds. The summed E-state index contributed by atoms with van der Waals surface area (Å²) in [6.07, 6.45) is -3.25. The summed E-state index contributed by atoms with van der Waals surface area (Å²) in [7, 11) is 0. The highest BCUT2D eigenvalue weighted by Crippen LogP contribution is 2.37. The van der Waals surface area contributed by atoms with Crippen molar-refractivity contribution in [2.75, 3.05) is 17.2 Å². The number of rotatable bonds is 7. The molecule has 0 fully saturated rings. The predicted molar refractivity (Wildman–Crippen MR) is 148 cm³/mol. The Kier molecular flexibility index (Phi) is 7.18. The molecule has 41 heavy (non-hydrogen) atoms. The number of benzene rings is 2. The fraction of sp³-hybridized carbons (Fsp3) is 0.207. The molecule has 5 rings (SSSR count). The van der Waals surface area contributed by atoms with Crippen LogP contribution in [0.15, 0.2) is 79.0 Å². The Bertz CT molecular complexity index is 1690. The van der Waals surface area contributed by atoms with Crippen molar-refractivity contribution in [1.82, 2.24) is 19.2 Å². The largest absolute Gasteiger partial charge is 0.473 e. The van der Waals surface area contributed by atoms with E-state index >= 15 is 0 Å². The van der Waals surface area contributed by atoms with Crippen LogP contribution in [0.2, 0.25) is 0 Å². The number of nitrogens with one attached hydrogen (secondary N) is 2. The molecule has 12 heteroatoms. The number of anilines is 2. The first-order valence-corrected chi connectivity index (χ1v) is 12.6. The average Bonchev–Trinajstić information content (AvgIpc) is 3.45. The molecule has 5 aromatic rings. The first-order valence-electron chi connectivity index (χ1n) is 12.6. The number of ether oxygens (including phenoxy) is 1. The number of aliphatic hydroxyl groups is 1. The maximum absolute atomic E-state index is 13.8. The molecule has 3 heterocycles. The number of urea groups is 1. The van der Waals surface area contributed by atoms with Crippen LogP contribution < -0.4 is 15.4 Å². The van der Waals surface area contributed by atoms with Crippen molar-refractivity contribution in [2.24, 2.45) is 0 Å². The Hall–Kier alpha value is -4.84. The fourth-order valence-electron chi connectivity index (χ4n) is 4.21. The van der Waals surface area contributed by atoms with Gasteiger partial charge in [0.05, 0.1) is 22.4 Å². The third kappa shape index (κ3) is 5.87. The predicted octanol–water partition coefficient (Wildman–Crippen LogP) is 6.31. The summed E-state index contributed by atoms with van der Waals surface area (Å²) in [5.74, 6) is 0.517. The zero-order chi connectivity index (χ0) is 29.4. The minimum Gasteiger partial charge on any atom is -0.473 e. The van der Waals surface area contributed by atoms with Crippen molar-refractivity contribution in [3.8, 4) is 22.8 Å². The van der Waals surface area contributed by atoms with Gasteiger partial charge in [-0.3, -0.25) is 15.0 Å². The molecule has 0 bridgehead atoms. The molecule has 0 unspecified atom stereocenters. The SMILES string of the molecule is Cc1c(OCC(C)(C)O)nn(-c2ccccc2)c1NC(=O)Nc1c(-c2ccccc2)nc2c(C(F)(F)F)cccn12. The molecule has 3 N–H and O–H groups in total. The van der Waals surface area contributed by atoms with Gasteiger partial charge in [0.1, 0.15) is 23.9 Å². The first kappa shape index (κ1) is 27.7. The maximum atomic E-state index is 13.8. The highest BCUT2D eigenvalue weighted by molar-refractivity contribution is 6.02. The number of fused-ring (bicyclic) bond motifs is 1. The summed E-state index contributed by atoms with van der Waals surface area (Å²) in [5, 5.41) is 20.1. The van der Waals surface area contributed by atoms with Crippen molar-refractivity contribution < 1.29 is 27.8 Å². The monoisotopic (exact) mass is 564 g/mol. The van der Waals surface area contributed by atoms with E-state index in [9.17, 15) is 23.1 Å². The summed E-state index contributed by atoms with van der Waals surface area (Å²) in [5.41, 5.74) is -0.612. The average molecular weight is 565 g/mol. The summed E-state index contributed by atoms with van der Waals surface area (Å²) >= 11 is 0. The summed E-state index contributed by atoms with van der Waals surface area (Å²) < 4.78 is 49.8. The smallest absolute Gasteiger partial charge is 0.419 e. The molecule has 2 aromatic carbocycles. The molecule has 212 valence electrons. The lowest BCUT2D eigenvalue weighted by atomic mass is 10.1. The minimum atomic E-state index is -4.65. The van der Waals surface area contributed by atoms with Crippen LogP contribution in [0.5, 0.6) is 5.88 Å². The van der Waals surface area contributed by atoms with Crippen molar-refractivity contribution in [3.63, 3.8) is 0 Å². The molecule has 0 spiro atoms. The van der Waals surface area contributed by atoms with Gasteiger partial charge in [0.25, 0.3) is 0 Å². The Balaban J connectivity index is 1.55. The van der Waals surface area contributed by atoms with Crippen LogP contribution in [0.4, 0.5) is 29.6 Å². The molecular formula is C29H27F3N6O3. The van der Waals surface area contributed by atoms with Gasteiger partial charge in [-0.15, -0.1) is 5.10 Å². The summed E-state index contributed by atoms with van der Waals surface area (Å²) in [6, 6.07) is 19.1. The van der Waals surface area contributed by atoms with Gasteiger partial charge in [-0.1, -0.05) is 48.5 Å². The van der Waals surface area contributed by atoms with Crippen LogP contribution in [0.3, 0.4) is 0 Å². The summed E-state index contributed by atoms with van der Waals surface area (Å²) in [4.78, 5) is 17.7. The van der Waals surface area contributed by atoms with E-state index < -0.39 is 23.4 Å². The molecule has 3 aromatic heterocycles. The number of halogens is 3. The van der Waals surface area contributed by atoms with Crippen LogP contribution in [-0.4, -0.2) is 42.5 Å². The van der Waals surface area contributed by atoms with E-state index in [-0.39, 0.29) is 35.5 Å². The Morgan fingerprint density at radius 3 is 2.22 bits per heavy atom. The van der Waals surface area contributed by atoms with E-state index in [1.807, 2.05) is 6.07 Å². The number of hydrogen-bond donors (Lipinski definition) is 3. The van der Waals surface area contributed by atoms with Gasteiger partial charge >= 0.3 is 12.2 Å². The zero-order valence-corrected chi connectivity index (χ0v) is 22.4. The number of amides is 2. The number of alkyl halides is 3. The molecular weight excluding hydrogens is 537 g/mol. The Morgan fingerprint density at radius 1 is 0.951 bits per heavy atom. The van der Waals surface area contributed by atoms with Crippen LogP contribution in [0, 0.1) is 6.92 Å². The van der Waals surface area contributed by atoms with Crippen LogP contribution in [0.25, 0.3) is 22.6 Å². The lowest BCUT2D eigenvalue weighted by molar-refractivity contribution is -0.136. The molecule has 9 nitrogen and oxygen atoms in total. The topological polar surface area (TPSA) is 106 Å². The van der Waals surface area contributed by atoms with E-state index in [1.54, 1.807) is 75.4 Å². The normalized spacial score (nSPS) is 12.0. The number of para-hydroxylation sites is 1. The number of nitrogens with zero attached hydrogens (tertiary/aromatic N) is 4. The number of pyridine rings is 1. The molecule has 0 aliphatic rings. The molecule has 0 aliphatic heterocycles. The number of carbonyl (C=O) groups is 1. The van der Waals surface area contributed by atoms with Gasteiger partial charge in [0.15, 0.2) is 5.65 Å². The van der Waals surface area contributed by atoms with E-state index in [4.69, 9.17) is 4.74 Å². The molecule has 0 radical (unpaired) electrons. The fourth-order valence-corrected chi connectivity index (χ4v) is 4.21. The van der Waals surface area contributed by atoms with E-state index in [0.717, 1.165) is 6.07 Å². The van der Waals surface area contributed by atoms with Crippen molar-refractivity contribution in [3.05, 3.63) is 90.1 Å². The summed E-state index contributed by atoms with van der Waals surface area (Å²) in [6.45, 7) is 4.83. The van der Waals surface area contributed by atoms with Crippen LogP contribution in [-0.2, 0) is 6.18 Å². The number of aromatic nitrogens is 4. The molecule has 0 atom stereocenters. The van der Waals surface area contributed by atoms with Gasteiger partial charge in [0, 0.05) is 11.8 Å². The van der Waals surface area contributed by atoms with E-state index in [2.05, 4.69) is 20.7 Å². The van der Waals surface area contributed by atoms with Crippen LogP contribution in [0.1, 0.15) is 25.0 Å². The molecule has 0 saturated heterocycles. The first-order chi connectivity index (χ1) is 19.4. The van der Waals surface area contributed by atoms with Gasteiger partial charge < -0.3 is 9.84 Å². The number of imidazole rings is 1. The highest BCUT2D eigenvalue weighted by atomic mass is 19.4. The van der Waals surface area contributed by atoms with Gasteiger partial charge in [-0.05, 0) is 45.0 Å². The van der Waals surface area contributed by atoms with E-state index in [1.165, 1.54) is 21.3 Å². The second-order valence-corrected chi connectivity index (χ2v) is 9.99. The highest BCUT2D eigenvalue weighted by Gasteiger charge is 2.35. The van der Waals surface area contributed by atoms with Crippen molar-refractivity contribution in [2.45, 2.75) is 32.5 Å². The van der Waals surface area contributed by atoms with Gasteiger partial charge in [0.2, 0.25) is 5.88 Å². The minimum absolute atomic E-state index is 0.0466. The quantitative estimate of drug-likeness (QED) is 0.215. The second kappa shape index (κ2) is 10.6. The Labute approximate surface area is 233 Å². The molecule has 0 aliphatic carbocycles. The second-order valence-electron chi connectivity index (χ2n) is 9.99. The third-order valence-corrected chi connectivity index (χ3v) is 6.11. The maximum Gasteiger partial charge on any atom is 0.419 e. The standard InChI is InChI=1S/C29H27F3N6O3/c1-18-23(38(20-13-8-5-9-14-20)36-26(18)41-17-28(2,3)40)34-27(39)35-25-22(19-11-6-4-7-12-19)33-24-21(29(30,31)32)15-10-16-37(24)25/h4-16,40H,17H2,1-3H3,(H2,34,35,39). The number of hydrogen-bond acceptors (Lipinski definition) is 5. The zero-order valence-electron chi connectivity index (χ0n) is 22.4. The van der Waals surface area contributed by atoms with Crippen LogP contribution >= 0.6 is 0 Å². The lowest BCUT2D eigenvalue weighted by Crippen LogP contribution is -2.28. The third-order valence-electron chi connectivity index (χ3n) is 6.11. The Morgan fingerprint density at radius 2 is 1.59 bits per heavy atom. The number of carbonyl (C=O) groups excluding carboxylic acids is 1. The van der Waals surface area contributed by atoms with Crippen molar-refractivity contribution in [1.29, 1.82) is 0 Å². The van der Waals surface area contributed by atoms with Gasteiger partial charge in [-0.25, -0.2) is 14.5 Å². The lowest BCUT2D eigenvalue weighted by Gasteiger charge is -2.16. The van der Waals surface area contributed by atoms with E-state index in [0.29, 0.717) is 16.8 Å². The molecule has 0 saturated carbocycles. The van der Waals surface area contributed by atoms with Crippen molar-refractivity contribution >= 4 is 23.3 Å².